The molecule has 0 bridgehead atoms. The lowest BCUT2D eigenvalue weighted by Gasteiger charge is -2.30. The molecular formula is C34H36N6O2S. The van der Waals surface area contributed by atoms with Crippen LogP contribution in [0.15, 0.2) is 108 Å². The lowest BCUT2D eigenvalue weighted by Crippen LogP contribution is -2.42. The number of likely N-dealkylation sites (tertiary alicyclic amines) is 1. The zero-order chi connectivity index (χ0) is 30.0. The van der Waals surface area contributed by atoms with Crippen molar-refractivity contribution in [2.24, 2.45) is 12.8 Å². The van der Waals surface area contributed by atoms with E-state index >= 15 is 0 Å². The van der Waals surface area contributed by atoms with Crippen molar-refractivity contribution in [3.8, 4) is 0 Å². The van der Waals surface area contributed by atoms with Gasteiger partial charge in [0, 0.05) is 38.7 Å². The molecule has 0 spiro atoms. The van der Waals surface area contributed by atoms with E-state index in [-0.39, 0.29) is 16.8 Å². The molecule has 1 aromatic heterocycles. The number of amidine groups is 1. The molecule has 6 rings (SSSR count). The molecule has 220 valence electrons. The minimum absolute atomic E-state index is 0.0579. The molecule has 1 fully saturated rings. The van der Waals surface area contributed by atoms with E-state index in [0.29, 0.717) is 17.8 Å². The zero-order valence-electron chi connectivity index (χ0n) is 24.2. The first-order valence-electron chi connectivity index (χ1n) is 14.5. The smallest absolute Gasteiger partial charge is 0.264 e. The van der Waals surface area contributed by atoms with Crippen LogP contribution in [0.4, 0.5) is 5.69 Å². The minimum Gasteiger partial charge on any atom is -0.384 e. The number of fused-ring (bicyclic) bond motifs is 1. The molecule has 1 unspecified atom stereocenters. The number of nitrogens with zero attached hydrogens (tertiary/aromatic N) is 4. The van der Waals surface area contributed by atoms with Crippen LogP contribution in [0.2, 0.25) is 0 Å². The highest BCUT2D eigenvalue weighted by Crippen LogP contribution is 2.33. The number of sulfonamides is 1. The fourth-order valence-electron chi connectivity index (χ4n) is 5.95. The number of anilines is 1. The standard InChI is InChI=1S/C34H36N6O2S/c1-38-32-18-17-28(22-31(32)37-33(38)19-14-25-12-15-27(16-13-25)34(35)36)40(43(41,42)30-10-6-3-7-11-30)29-20-21-39(24-29)23-26-8-4-2-5-9-26/h2-13,15-18,22,29H,14,19-21,23-24H2,1H3,(H3,35,36). The number of benzene rings is 4. The Kier molecular flexibility index (Phi) is 8.01. The van der Waals surface area contributed by atoms with Gasteiger partial charge in [-0.1, -0.05) is 72.8 Å². The van der Waals surface area contributed by atoms with E-state index in [4.69, 9.17) is 16.1 Å². The van der Waals surface area contributed by atoms with Crippen molar-refractivity contribution in [2.45, 2.75) is 36.7 Å². The Bertz CT molecular complexity index is 1840. The number of aryl methyl sites for hydroxylation is 3. The first-order valence-corrected chi connectivity index (χ1v) is 16.0. The van der Waals surface area contributed by atoms with E-state index in [0.717, 1.165) is 54.8 Å². The molecule has 2 heterocycles. The van der Waals surface area contributed by atoms with Gasteiger partial charge in [0.15, 0.2) is 0 Å². The van der Waals surface area contributed by atoms with Gasteiger partial charge in [-0.3, -0.25) is 14.6 Å². The largest absolute Gasteiger partial charge is 0.384 e. The average Bonchev–Trinajstić information content (AvgIpc) is 3.60. The maximum Gasteiger partial charge on any atom is 0.264 e. The monoisotopic (exact) mass is 592 g/mol. The first kappa shape index (κ1) is 28.6. The summed E-state index contributed by atoms with van der Waals surface area (Å²) in [4.78, 5) is 7.56. The lowest BCUT2D eigenvalue weighted by atomic mass is 10.1. The molecule has 0 radical (unpaired) electrons. The average molecular weight is 593 g/mol. The van der Waals surface area contributed by atoms with Crippen LogP contribution in [-0.2, 0) is 36.5 Å². The number of nitrogens with two attached hydrogens (primary N) is 1. The van der Waals surface area contributed by atoms with Crippen molar-refractivity contribution in [3.05, 3.63) is 126 Å². The summed E-state index contributed by atoms with van der Waals surface area (Å²) in [5.41, 5.74) is 11.0. The third-order valence-corrected chi connectivity index (χ3v) is 10.1. The molecule has 0 aliphatic carbocycles. The van der Waals surface area contributed by atoms with Crippen molar-refractivity contribution >= 4 is 32.6 Å². The van der Waals surface area contributed by atoms with Gasteiger partial charge >= 0.3 is 0 Å². The van der Waals surface area contributed by atoms with Crippen molar-refractivity contribution in [1.82, 2.24) is 14.5 Å². The second-order valence-corrected chi connectivity index (χ2v) is 13.0. The molecule has 4 aromatic carbocycles. The molecule has 0 amide bonds. The summed E-state index contributed by atoms with van der Waals surface area (Å²) in [5.74, 6) is 0.984. The van der Waals surface area contributed by atoms with Gasteiger partial charge in [-0.2, -0.15) is 0 Å². The number of rotatable bonds is 10. The maximum absolute atomic E-state index is 14.2. The number of hydrogen-bond acceptors (Lipinski definition) is 5. The number of nitrogen functional groups attached to an aromatic ring is 1. The highest BCUT2D eigenvalue weighted by atomic mass is 32.2. The highest BCUT2D eigenvalue weighted by molar-refractivity contribution is 7.92. The summed E-state index contributed by atoms with van der Waals surface area (Å²) in [6.07, 6.45) is 2.26. The zero-order valence-corrected chi connectivity index (χ0v) is 25.0. The van der Waals surface area contributed by atoms with Crippen LogP contribution in [-0.4, -0.2) is 47.8 Å². The van der Waals surface area contributed by atoms with Crippen molar-refractivity contribution < 1.29 is 8.42 Å². The van der Waals surface area contributed by atoms with Gasteiger partial charge in [0.2, 0.25) is 0 Å². The molecule has 9 heteroatoms. The van der Waals surface area contributed by atoms with E-state index in [1.54, 1.807) is 28.6 Å². The Morgan fingerprint density at radius 2 is 1.63 bits per heavy atom. The van der Waals surface area contributed by atoms with E-state index in [9.17, 15) is 8.42 Å². The molecule has 1 aliphatic heterocycles. The molecule has 1 aliphatic rings. The predicted molar refractivity (Wildman–Crippen MR) is 172 cm³/mol. The van der Waals surface area contributed by atoms with Crippen LogP contribution < -0.4 is 10.0 Å². The first-order chi connectivity index (χ1) is 20.8. The molecule has 1 atom stereocenters. The Hall–Kier alpha value is -4.47. The Labute approximate surface area is 253 Å². The van der Waals surface area contributed by atoms with Crippen molar-refractivity contribution in [3.63, 3.8) is 0 Å². The van der Waals surface area contributed by atoms with Crippen LogP contribution in [0.1, 0.15) is 28.9 Å². The quantitative estimate of drug-likeness (QED) is 0.173. The third kappa shape index (κ3) is 6.04. The van der Waals surface area contributed by atoms with Gasteiger partial charge in [-0.25, -0.2) is 13.4 Å². The van der Waals surface area contributed by atoms with Gasteiger partial charge in [0.1, 0.15) is 11.7 Å². The van der Waals surface area contributed by atoms with Crippen LogP contribution >= 0.6 is 0 Å². The maximum atomic E-state index is 14.2. The molecule has 8 nitrogen and oxygen atoms in total. The van der Waals surface area contributed by atoms with Gasteiger partial charge in [0.25, 0.3) is 10.0 Å². The molecular weight excluding hydrogens is 556 g/mol. The van der Waals surface area contributed by atoms with E-state index in [2.05, 4.69) is 21.6 Å². The second kappa shape index (κ2) is 12.0. The predicted octanol–water partition coefficient (Wildman–Crippen LogP) is 5.11. The lowest BCUT2D eigenvalue weighted by molar-refractivity contribution is 0.327. The third-order valence-electron chi connectivity index (χ3n) is 8.24. The normalized spacial score (nSPS) is 15.6. The summed E-state index contributed by atoms with van der Waals surface area (Å²) in [7, 11) is -1.81. The number of aromatic nitrogens is 2. The fraction of sp³-hybridized carbons (Fsp3) is 0.235. The summed E-state index contributed by atoms with van der Waals surface area (Å²) < 4.78 is 32.1. The Morgan fingerprint density at radius 3 is 2.33 bits per heavy atom. The van der Waals surface area contributed by atoms with Crippen molar-refractivity contribution in [2.75, 3.05) is 17.4 Å². The summed E-state index contributed by atoms with van der Waals surface area (Å²) in [6.45, 7) is 2.26. The number of imidazole rings is 1. The number of hydrogen-bond donors (Lipinski definition) is 2. The minimum atomic E-state index is -3.81. The van der Waals surface area contributed by atoms with Gasteiger partial charge in [0.05, 0.1) is 27.7 Å². The van der Waals surface area contributed by atoms with Crippen LogP contribution in [0.25, 0.3) is 11.0 Å². The molecule has 5 aromatic rings. The number of nitrogens with one attached hydrogen (secondary N) is 1. The summed E-state index contributed by atoms with van der Waals surface area (Å²) in [5, 5.41) is 7.60. The molecule has 3 N–H and O–H groups in total. The highest BCUT2D eigenvalue weighted by Gasteiger charge is 2.36. The Morgan fingerprint density at radius 1 is 0.930 bits per heavy atom. The summed E-state index contributed by atoms with van der Waals surface area (Å²) in [6, 6.07) is 32.3. The van der Waals surface area contributed by atoms with Crippen LogP contribution in [0.5, 0.6) is 0 Å². The van der Waals surface area contributed by atoms with E-state index < -0.39 is 10.0 Å². The molecule has 1 saturated heterocycles. The van der Waals surface area contributed by atoms with Gasteiger partial charge in [-0.05, 0) is 54.3 Å². The van der Waals surface area contributed by atoms with Gasteiger partial charge < -0.3 is 10.3 Å². The topological polar surface area (TPSA) is 108 Å². The second-order valence-electron chi connectivity index (χ2n) is 11.1. The van der Waals surface area contributed by atoms with Crippen molar-refractivity contribution in [1.29, 1.82) is 5.41 Å². The van der Waals surface area contributed by atoms with E-state index in [1.165, 1.54) is 5.56 Å². The molecule has 43 heavy (non-hydrogen) atoms. The summed E-state index contributed by atoms with van der Waals surface area (Å²) >= 11 is 0. The van der Waals surface area contributed by atoms with Crippen LogP contribution in [0.3, 0.4) is 0 Å². The SMILES string of the molecule is Cn1c(CCc2ccc(C(=N)N)cc2)nc2cc(N(C3CCN(Cc4ccccc4)C3)S(=O)(=O)c3ccccc3)ccc21. The van der Waals surface area contributed by atoms with E-state index in [1.807, 2.05) is 73.8 Å². The Balaban J connectivity index is 1.29. The van der Waals surface area contributed by atoms with Gasteiger partial charge in [-0.15, -0.1) is 0 Å². The molecule has 0 saturated carbocycles. The fourth-order valence-corrected chi connectivity index (χ4v) is 7.63. The van der Waals surface area contributed by atoms with Crippen LogP contribution in [0, 0.1) is 5.41 Å².